The lowest BCUT2D eigenvalue weighted by Gasteiger charge is -2.02. The number of rotatable bonds is 5. The van der Waals surface area contributed by atoms with Crippen molar-refractivity contribution in [1.82, 2.24) is 9.55 Å². The van der Waals surface area contributed by atoms with Crippen LogP contribution in [0.15, 0.2) is 53.7 Å². The summed E-state index contributed by atoms with van der Waals surface area (Å²) < 4.78 is 1.95. The molecule has 0 radical (unpaired) electrons. The van der Waals surface area contributed by atoms with Gasteiger partial charge in [0.1, 0.15) is 0 Å². The molecule has 2 aromatic carbocycles. The molecule has 0 saturated carbocycles. The summed E-state index contributed by atoms with van der Waals surface area (Å²) >= 11 is 1.35. The van der Waals surface area contributed by atoms with E-state index in [0.717, 1.165) is 16.2 Å². The second kappa shape index (κ2) is 6.21. The highest BCUT2D eigenvalue weighted by Gasteiger charge is 2.13. The normalized spacial score (nSPS) is 10.8. The van der Waals surface area contributed by atoms with Gasteiger partial charge < -0.3 is 4.57 Å². The molecule has 0 aliphatic rings. The first-order chi connectivity index (χ1) is 11.1. The second-order valence-corrected chi connectivity index (χ2v) is 5.90. The van der Waals surface area contributed by atoms with Gasteiger partial charge in [0.2, 0.25) is 0 Å². The van der Waals surface area contributed by atoms with Crippen LogP contribution in [0.25, 0.3) is 11.0 Å². The highest BCUT2D eigenvalue weighted by molar-refractivity contribution is 7.99. The fourth-order valence-electron chi connectivity index (χ4n) is 2.23. The van der Waals surface area contributed by atoms with Crippen LogP contribution in [0.5, 0.6) is 0 Å². The third kappa shape index (κ3) is 3.09. The SMILES string of the molecule is Cn1c(SCC(=O)c2ccc([N+](=O)[O-])cc2)nc2ccccc21. The molecule has 3 aromatic rings. The highest BCUT2D eigenvalue weighted by atomic mass is 32.2. The number of carbonyl (C=O) groups is 1. The van der Waals surface area contributed by atoms with Gasteiger partial charge in [0.05, 0.1) is 21.7 Å². The van der Waals surface area contributed by atoms with Gasteiger partial charge in [0, 0.05) is 24.7 Å². The standard InChI is InChI=1S/C16H13N3O3S/c1-18-14-5-3-2-4-13(14)17-16(18)23-10-15(20)11-6-8-12(9-7-11)19(21)22/h2-9H,10H2,1H3. The maximum absolute atomic E-state index is 12.2. The average molecular weight is 327 g/mol. The third-order valence-corrected chi connectivity index (χ3v) is 4.51. The van der Waals surface area contributed by atoms with Crippen LogP contribution in [-0.2, 0) is 7.05 Å². The number of thioether (sulfide) groups is 1. The Kier molecular flexibility index (Phi) is 4.12. The first kappa shape index (κ1) is 15.2. The van der Waals surface area contributed by atoms with Crippen LogP contribution in [0.2, 0.25) is 0 Å². The van der Waals surface area contributed by atoms with Crippen molar-refractivity contribution < 1.29 is 9.72 Å². The number of para-hydroxylation sites is 2. The topological polar surface area (TPSA) is 78.0 Å². The quantitative estimate of drug-likeness (QED) is 0.310. The molecule has 0 saturated heterocycles. The van der Waals surface area contributed by atoms with Gasteiger partial charge in [-0.15, -0.1) is 0 Å². The van der Waals surface area contributed by atoms with Gasteiger partial charge in [-0.25, -0.2) is 4.98 Å². The van der Waals surface area contributed by atoms with Gasteiger partial charge in [0.25, 0.3) is 5.69 Å². The van der Waals surface area contributed by atoms with Crippen molar-refractivity contribution in [3.8, 4) is 0 Å². The Morgan fingerprint density at radius 3 is 2.57 bits per heavy atom. The number of nitrogens with zero attached hydrogens (tertiary/aromatic N) is 3. The lowest BCUT2D eigenvalue weighted by molar-refractivity contribution is -0.384. The number of nitro groups is 1. The molecule has 0 amide bonds. The molecule has 116 valence electrons. The van der Waals surface area contributed by atoms with E-state index in [0.29, 0.717) is 5.56 Å². The molecule has 0 aliphatic carbocycles. The largest absolute Gasteiger partial charge is 0.322 e. The van der Waals surface area contributed by atoms with Crippen molar-refractivity contribution >= 4 is 34.3 Å². The first-order valence-electron chi connectivity index (χ1n) is 6.88. The van der Waals surface area contributed by atoms with Gasteiger partial charge in [-0.05, 0) is 24.3 Å². The van der Waals surface area contributed by atoms with Crippen molar-refractivity contribution in [3.63, 3.8) is 0 Å². The number of ketones is 1. The average Bonchev–Trinajstić information content (AvgIpc) is 2.89. The lowest BCUT2D eigenvalue weighted by Crippen LogP contribution is -2.03. The van der Waals surface area contributed by atoms with E-state index >= 15 is 0 Å². The van der Waals surface area contributed by atoms with Gasteiger partial charge in [0.15, 0.2) is 10.9 Å². The molecule has 7 heteroatoms. The zero-order valence-corrected chi connectivity index (χ0v) is 13.1. The van der Waals surface area contributed by atoms with Crippen LogP contribution in [0.4, 0.5) is 5.69 Å². The molecule has 0 atom stereocenters. The molecular formula is C16H13N3O3S. The number of benzene rings is 2. The second-order valence-electron chi connectivity index (χ2n) is 4.96. The number of non-ortho nitro benzene ring substituents is 1. The molecule has 0 unspecified atom stereocenters. The van der Waals surface area contributed by atoms with E-state index in [4.69, 9.17) is 0 Å². The van der Waals surface area contributed by atoms with Crippen LogP contribution in [0.3, 0.4) is 0 Å². The summed E-state index contributed by atoms with van der Waals surface area (Å²) in [4.78, 5) is 26.8. The molecule has 0 fully saturated rings. The number of hydrogen-bond acceptors (Lipinski definition) is 5. The van der Waals surface area contributed by atoms with Crippen LogP contribution >= 0.6 is 11.8 Å². The molecule has 1 heterocycles. The maximum Gasteiger partial charge on any atom is 0.269 e. The van der Waals surface area contributed by atoms with Crippen LogP contribution in [-0.4, -0.2) is 26.0 Å². The van der Waals surface area contributed by atoms with E-state index in [-0.39, 0.29) is 17.2 Å². The number of carbonyl (C=O) groups excluding carboxylic acids is 1. The van der Waals surface area contributed by atoms with E-state index in [9.17, 15) is 14.9 Å². The number of nitro benzene ring substituents is 1. The zero-order chi connectivity index (χ0) is 16.4. The van der Waals surface area contributed by atoms with Crippen molar-refractivity contribution in [2.75, 3.05) is 5.75 Å². The van der Waals surface area contributed by atoms with Gasteiger partial charge in [-0.2, -0.15) is 0 Å². The van der Waals surface area contributed by atoms with E-state index in [1.165, 1.54) is 36.0 Å². The van der Waals surface area contributed by atoms with E-state index < -0.39 is 4.92 Å². The summed E-state index contributed by atoms with van der Waals surface area (Å²) in [7, 11) is 1.91. The fourth-order valence-corrected chi connectivity index (χ4v) is 3.12. The Morgan fingerprint density at radius 2 is 1.91 bits per heavy atom. The Labute approximate surface area is 136 Å². The Morgan fingerprint density at radius 1 is 1.22 bits per heavy atom. The highest BCUT2D eigenvalue weighted by Crippen LogP contribution is 2.23. The zero-order valence-electron chi connectivity index (χ0n) is 12.3. The van der Waals surface area contributed by atoms with Gasteiger partial charge >= 0.3 is 0 Å². The fraction of sp³-hybridized carbons (Fsp3) is 0.125. The van der Waals surface area contributed by atoms with Gasteiger partial charge in [-0.1, -0.05) is 23.9 Å². The van der Waals surface area contributed by atoms with Crippen molar-refractivity contribution in [2.24, 2.45) is 7.05 Å². The van der Waals surface area contributed by atoms with E-state index in [1.54, 1.807) is 0 Å². The summed E-state index contributed by atoms with van der Waals surface area (Å²) in [5.41, 5.74) is 2.34. The predicted molar refractivity (Wildman–Crippen MR) is 88.9 cm³/mol. The van der Waals surface area contributed by atoms with Crippen molar-refractivity contribution in [3.05, 3.63) is 64.2 Å². The Bertz CT molecular complexity index is 887. The van der Waals surface area contributed by atoms with Crippen LogP contribution in [0, 0.1) is 10.1 Å². The molecule has 23 heavy (non-hydrogen) atoms. The summed E-state index contributed by atoms with van der Waals surface area (Å²) in [6, 6.07) is 13.4. The molecule has 0 aliphatic heterocycles. The molecule has 1 aromatic heterocycles. The van der Waals surface area contributed by atoms with E-state index in [1.807, 2.05) is 35.9 Å². The predicted octanol–water partition coefficient (Wildman–Crippen LogP) is 3.46. The number of aromatic nitrogens is 2. The number of aryl methyl sites for hydroxylation is 1. The Balaban J connectivity index is 1.72. The lowest BCUT2D eigenvalue weighted by atomic mass is 10.1. The minimum Gasteiger partial charge on any atom is -0.322 e. The van der Waals surface area contributed by atoms with E-state index in [2.05, 4.69) is 4.98 Å². The minimum atomic E-state index is -0.484. The number of Topliss-reactive ketones (excluding diaryl/α,β-unsaturated/α-hetero) is 1. The van der Waals surface area contributed by atoms with Crippen LogP contribution < -0.4 is 0 Å². The number of fused-ring (bicyclic) bond motifs is 1. The van der Waals surface area contributed by atoms with Crippen molar-refractivity contribution in [1.29, 1.82) is 0 Å². The minimum absolute atomic E-state index is 0.0236. The maximum atomic E-state index is 12.2. The monoisotopic (exact) mass is 327 g/mol. The summed E-state index contributed by atoms with van der Waals surface area (Å²) in [6.07, 6.45) is 0. The molecule has 0 spiro atoms. The first-order valence-corrected chi connectivity index (χ1v) is 7.87. The van der Waals surface area contributed by atoms with Crippen molar-refractivity contribution in [2.45, 2.75) is 5.16 Å². The Hall–Kier alpha value is -2.67. The molecule has 6 nitrogen and oxygen atoms in total. The van der Waals surface area contributed by atoms with Crippen LogP contribution in [0.1, 0.15) is 10.4 Å². The molecule has 0 bridgehead atoms. The number of imidazole rings is 1. The molecular weight excluding hydrogens is 314 g/mol. The summed E-state index contributed by atoms with van der Waals surface area (Å²) in [6.45, 7) is 0. The number of hydrogen-bond donors (Lipinski definition) is 0. The third-order valence-electron chi connectivity index (χ3n) is 3.48. The molecule has 3 rings (SSSR count). The van der Waals surface area contributed by atoms with Gasteiger partial charge in [-0.3, -0.25) is 14.9 Å². The summed E-state index contributed by atoms with van der Waals surface area (Å²) in [5, 5.41) is 11.4. The molecule has 0 N–H and O–H groups in total. The summed E-state index contributed by atoms with van der Waals surface area (Å²) in [5.74, 6) is 0.145. The smallest absolute Gasteiger partial charge is 0.269 e.